The van der Waals surface area contributed by atoms with E-state index in [1.54, 1.807) is 23.6 Å². The number of anilines is 1. The first-order valence-corrected chi connectivity index (χ1v) is 11.3. The highest BCUT2D eigenvalue weighted by Gasteiger charge is 2.30. The van der Waals surface area contributed by atoms with E-state index in [0.29, 0.717) is 44.2 Å². The average Bonchev–Trinajstić information content (AvgIpc) is 3.49. The zero-order valence-corrected chi connectivity index (χ0v) is 19.1. The summed E-state index contributed by atoms with van der Waals surface area (Å²) >= 11 is 1.51. The van der Waals surface area contributed by atoms with Crippen LogP contribution in [0.3, 0.4) is 0 Å². The Morgan fingerprint density at radius 1 is 1.35 bits per heavy atom. The van der Waals surface area contributed by atoms with Crippen molar-refractivity contribution in [2.45, 2.75) is 51.7 Å². The highest BCUT2D eigenvalue weighted by molar-refractivity contribution is 7.09. The molecule has 3 rings (SSSR count). The van der Waals surface area contributed by atoms with E-state index < -0.39 is 0 Å². The van der Waals surface area contributed by atoms with Crippen molar-refractivity contribution >= 4 is 29.5 Å². The first-order valence-electron chi connectivity index (χ1n) is 10.4. The van der Waals surface area contributed by atoms with E-state index >= 15 is 0 Å². The van der Waals surface area contributed by atoms with Crippen LogP contribution in [0.2, 0.25) is 0 Å². The van der Waals surface area contributed by atoms with Crippen molar-refractivity contribution in [1.82, 2.24) is 19.4 Å². The maximum absolute atomic E-state index is 13.4. The van der Waals surface area contributed by atoms with Crippen molar-refractivity contribution in [1.29, 1.82) is 0 Å². The molecule has 0 aromatic carbocycles. The molecular weight excluding hydrogens is 420 g/mol. The summed E-state index contributed by atoms with van der Waals surface area (Å²) in [7, 11) is 3.28. The Morgan fingerprint density at radius 3 is 2.71 bits per heavy atom. The molecule has 2 aromatic rings. The Labute approximate surface area is 185 Å². The van der Waals surface area contributed by atoms with E-state index in [2.05, 4.69) is 14.8 Å². The molecule has 0 atom stereocenters. The molecule has 2 N–H and O–H groups in total. The summed E-state index contributed by atoms with van der Waals surface area (Å²) in [6.45, 7) is 3.04. The second-order valence-corrected chi connectivity index (χ2v) is 8.67. The highest BCUT2D eigenvalue weighted by Crippen LogP contribution is 2.31. The van der Waals surface area contributed by atoms with E-state index in [1.807, 2.05) is 12.3 Å². The number of ether oxygens (including phenoxy) is 1. The summed E-state index contributed by atoms with van der Waals surface area (Å²) in [6, 6.07) is 0.338. The Balaban J connectivity index is 2.01. The minimum atomic E-state index is -0.261. The third-order valence-corrected chi connectivity index (χ3v) is 6.20. The Bertz CT molecular complexity index is 892. The predicted molar refractivity (Wildman–Crippen MR) is 117 cm³/mol. The quantitative estimate of drug-likeness (QED) is 0.316. The normalized spacial score (nSPS) is 14.1. The fourth-order valence-corrected chi connectivity index (χ4v) is 4.36. The first-order chi connectivity index (χ1) is 14.9. The summed E-state index contributed by atoms with van der Waals surface area (Å²) in [6.07, 6.45) is 5.39. The van der Waals surface area contributed by atoms with E-state index in [4.69, 9.17) is 10.6 Å². The molecule has 0 bridgehead atoms. The molecule has 0 unspecified atom stereocenters. The van der Waals surface area contributed by atoms with Crippen LogP contribution in [-0.4, -0.2) is 65.1 Å². The third-order valence-electron chi connectivity index (χ3n) is 5.25. The highest BCUT2D eigenvalue weighted by atomic mass is 32.1. The SMILES string of the molecule is Cc1csc(Cn2c(OC3CCCC3)nc(N(C)C=O)c2C(=O)N(C)CCCON)n1. The summed E-state index contributed by atoms with van der Waals surface area (Å²) < 4.78 is 7.95. The molecule has 0 radical (unpaired) electrons. The molecule has 0 aliphatic heterocycles. The van der Waals surface area contributed by atoms with Gasteiger partial charge in [0.2, 0.25) is 6.41 Å². The first kappa shape index (κ1) is 23.2. The van der Waals surface area contributed by atoms with Crippen molar-refractivity contribution in [3.05, 3.63) is 21.8 Å². The van der Waals surface area contributed by atoms with Crippen molar-refractivity contribution < 1.29 is 19.2 Å². The summed E-state index contributed by atoms with van der Waals surface area (Å²) in [5, 5.41) is 2.79. The van der Waals surface area contributed by atoms with Gasteiger partial charge in [0.15, 0.2) is 11.5 Å². The molecule has 170 valence electrons. The molecule has 1 fully saturated rings. The Hall–Kier alpha value is -2.50. The van der Waals surface area contributed by atoms with Crippen LogP contribution in [-0.2, 0) is 16.2 Å². The lowest BCUT2D eigenvalue weighted by atomic mass is 10.3. The van der Waals surface area contributed by atoms with Gasteiger partial charge < -0.3 is 19.4 Å². The zero-order valence-electron chi connectivity index (χ0n) is 18.2. The van der Waals surface area contributed by atoms with Gasteiger partial charge in [-0.3, -0.25) is 14.2 Å². The zero-order chi connectivity index (χ0) is 22.4. The number of hydrogen-bond acceptors (Lipinski definition) is 8. The van der Waals surface area contributed by atoms with Gasteiger partial charge in [0.1, 0.15) is 11.1 Å². The van der Waals surface area contributed by atoms with E-state index in [0.717, 1.165) is 36.4 Å². The number of nitrogens with two attached hydrogens (primary N) is 1. The summed E-state index contributed by atoms with van der Waals surface area (Å²) in [5.41, 5.74) is 1.21. The van der Waals surface area contributed by atoms with E-state index in [1.165, 1.54) is 16.2 Å². The average molecular weight is 451 g/mol. The number of hydrogen-bond donors (Lipinski definition) is 1. The van der Waals surface area contributed by atoms with E-state index in [-0.39, 0.29) is 17.8 Å². The monoisotopic (exact) mass is 450 g/mol. The number of amides is 2. The predicted octanol–water partition coefficient (Wildman–Crippen LogP) is 1.96. The molecule has 1 aliphatic carbocycles. The van der Waals surface area contributed by atoms with Gasteiger partial charge in [-0.05, 0) is 39.0 Å². The van der Waals surface area contributed by atoms with Crippen LogP contribution in [0.15, 0.2) is 5.38 Å². The number of aromatic nitrogens is 3. The molecule has 0 spiro atoms. The van der Waals surface area contributed by atoms with Gasteiger partial charge in [0.05, 0.1) is 13.2 Å². The fraction of sp³-hybridized carbons (Fsp3) is 0.600. The molecule has 1 saturated carbocycles. The smallest absolute Gasteiger partial charge is 0.299 e. The number of nitrogens with zero attached hydrogens (tertiary/aromatic N) is 5. The van der Waals surface area contributed by atoms with Gasteiger partial charge >= 0.3 is 0 Å². The molecule has 2 amide bonds. The van der Waals surface area contributed by atoms with Crippen LogP contribution in [0.25, 0.3) is 0 Å². The van der Waals surface area contributed by atoms with Crippen LogP contribution in [0.4, 0.5) is 5.82 Å². The number of carbonyl (C=O) groups is 2. The minimum Gasteiger partial charge on any atom is -0.461 e. The van der Waals surface area contributed by atoms with Crippen molar-refractivity contribution in [3.8, 4) is 6.01 Å². The second kappa shape index (κ2) is 10.7. The van der Waals surface area contributed by atoms with Crippen LogP contribution in [0.1, 0.15) is 53.3 Å². The van der Waals surface area contributed by atoms with Crippen LogP contribution in [0.5, 0.6) is 6.01 Å². The van der Waals surface area contributed by atoms with Gasteiger partial charge in [-0.2, -0.15) is 4.98 Å². The number of carbonyl (C=O) groups excluding carboxylic acids is 2. The lowest BCUT2D eigenvalue weighted by molar-refractivity contribution is -0.107. The molecule has 31 heavy (non-hydrogen) atoms. The van der Waals surface area contributed by atoms with Crippen molar-refractivity contribution in [2.75, 3.05) is 32.1 Å². The Morgan fingerprint density at radius 2 is 2.10 bits per heavy atom. The van der Waals surface area contributed by atoms with Gasteiger partial charge in [0, 0.05) is 31.7 Å². The molecule has 0 saturated heterocycles. The lowest BCUT2D eigenvalue weighted by Crippen LogP contribution is -2.32. The second-order valence-electron chi connectivity index (χ2n) is 7.73. The molecule has 2 heterocycles. The molecule has 11 heteroatoms. The van der Waals surface area contributed by atoms with Crippen molar-refractivity contribution in [2.24, 2.45) is 5.90 Å². The van der Waals surface area contributed by atoms with Crippen LogP contribution in [0, 0.1) is 6.92 Å². The standard InChI is InChI=1S/C20H30N6O4S/c1-14-12-31-16(22-14)11-26-17(19(28)24(2)9-6-10-29-21)18(25(3)13-27)23-20(26)30-15-7-4-5-8-15/h12-13,15H,4-11,21H2,1-3H3. The molecule has 10 nitrogen and oxygen atoms in total. The molecular formula is C20H30N6O4S. The van der Waals surface area contributed by atoms with Gasteiger partial charge in [-0.15, -0.1) is 11.3 Å². The molecule has 2 aromatic heterocycles. The number of aryl methyl sites for hydroxylation is 1. The fourth-order valence-electron chi connectivity index (χ4n) is 3.60. The summed E-state index contributed by atoms with van der Waals surface area (Å²) in [4.78, 5) is 41.6. The maximum atomic E-state index is 13.4. The van der Waals surface area contributed by atoms with Crippen molar-refractivity contribution in [3.63, 3.8) is 0 Å². The third kappa shape index (κ3) is 5.60. The minimum absolute atomic E-state index is 0.0518. The van der Waals surface area contributed by atoms with Gasteiger partial charge in [-0.1, -0.05) is 0 Å². The van der Waals surface area contributed by atoms with Crippen LogP contribution < -0.4 is 15.5 Å². The number of thiazole rings is 1. The number of rotatable bonds is 11. The lowest BCUT2D eigenvalue weighted by Gasteiger charge is -2.20. The van der Waals surface area contributed by atoms with E-state index in [9.17, 15) is 9.59 Å². The largest absolute Gasteiger partial charge is 0.461 e. The molecule has 1 aliphatic rings. The van der Waals surface area contributed by atoms with Gasteiger partial charge in [0.25, 0.3) is 11.9 Å². The maximum Gasteiger partial charge on any atom is 0.299 e. The Kier molecular flexibility index (Phi) is 7.99. The topological polar surface area (TPSA) is 116 Å². The van der Waals surface area contributed by atoms with Crippen LogP contribution >= 0.6 is 11.3 Å². The number of imidazole rings is 1. The van der Waals surface area contributed by atoms with Gasteiger partial charge in [-0.25, -0.2) is 10.9 Å². The summed E-state index contributed by atoms with van der Waals surface area (Å²) in [5.74, 6) is 5.10.